The largest absolute Gasteiger partial charge is 0.504 e. The minimum Gasteiger partial charge on any atom is -0.504 e. The van der Waals surface area contributed by atoms with Crippen LogP contribution in [0.5, 0.6) is 11.5 Å². The third-order valence-corrected chi connectivity index (χ3v) is 6.31. The SMILES string of the molecule is COc1cc(CCNC2C3CCOC3C23CCCC3)ccc1O. The third kappa shape index (κ3) is 2.43. The van der Waals surface area contributed by atoms with Crippen molar-refractivity contribution in [1.82, 2.24) is 5.32 Å². The first kappa shape index (κ1) is 15.3. The Balaban J connectivity index is 1.37. The Bertz CT molecular complexity index is 568. The summed E-state index contributed by atoms with van der Waals surface area (Å²) in [7, 11) is 1.59. The Morgan fingerprint density at radius 1 is 1.35 bits per heavy atom. The van der Waals surface area contributed by atoms with Crippen LogP contribution in [-0.4, -0.2) is 37.5 Å². The maximum atomic E-state index is 9.68. The Labute approximate surface area is 138 Å². The fourth-order valence-electron chi connectivity index (χ4n) is 5.26. The molecule has 1 spiro atoms. The van der Waals surface area contributed by atoms with Crippen molar-refractivity contribution in [3.05, 3.63) is 23.8 Å². The number of hydrogen-bond donors (Lipinski definition) is 2. The van der Waals surface area contributed by atoms with E-state index in [4.69, 9.17) is 9.47 Å². The van der Waals surface area contributed by atoms with Crippen molar-refractivity contribution >= 4 is 0 Å². The number of rotatable bonds is 5. The van der Waals surface area contributed by atoms with E-state index in [1.165, 1.54) is 37.7 Å². The van der Waals surface area contributed by atoms with Gasteiger partial charge in [-0.05, 0) is 49.9 Å². The second-order valence-electron chi connectivity index (χ2n) is 7.37. The molecular formula is C19H27NO3. The van der Waals surface area contributed by atoms with Crippen molar-refractivity contribution in [3.8, 4) is 11.5 Å². The molecule has 4 heteroatoms. The summed E-state index contributed by atoms with van der Waals surface area (Å²) in [6.45, 7) is 1.92. The molecule has 1 saturated heterocycles. The molecule has 1 heterocycles. The first-order chi connectivity index (χ1) is 11.2. The minimum absolute atomic E-state index is 0.207. The Kier molecular flexibility index (Phi) is 3.98. The molecular weight excluding hydrogens is 290 g/mol. The first-order valence-corrected chi connectivity index (χ1v) is 8.95. The van der Waals surface area contributed by atoms with Gasteiger partial charge in [-0.25, -0.2) is 0 Å². The van der Waals surface area contributed by atoms with Crippen molar-refractivity contribution < 1.29 is 14.6 Å². The number of benzene rings is 1. The molecule has 2 saturated carbocycles. The molecule has 1 aromatic carbocycles. The zero-order valence-corrected chi connectivity index (χ0v) is 13.9. The zero-order valence-electron chi connectivity index (χ0n) is 13.9. The number of phenols is 1. The molecule has 126 valence electrons. The van der Waals surface area contributed by atoms with Crippen LogP contribution < -0.4 is 10.1 Å². The highest BCUT2D eigenvalue weighted by Gasteiger charge is 2.64. The van der Waals surface area contributed by atoms with Crippen LogP contribution in [-0.2, 0) is 11.2 Å². The van der Waals surface area contributed by atoms with E-state index in [1.54, 1.807) is 13.2 Å². The van der Waals surface area contributed by atoms with Crippen molar-refractivity contribution in [2.45, 2.75) is 50.7 Å². The van der Waals surface area contributed by atoms with Crippen LogP contribution in [0.3, 0.4) is 0 Å². The third-order valence-electron chi connectivity index (χ3n) is 6.31. The van der Waals surface area contributed by atoms with Gasteiger partial charge in [0.15, 0.2) is 11.5 Å². The van der Waals surface area contributed by atoms with E-state index < -0.39 is 0 Å². The lowest BCUT2D eigenvalue weighted by atomic mass is 9.54. The van der Waals surface area contributed by atoms with Gasteiger partial charge in [0.1, 0.15) is 0 Å². The molecule has 0 radical (unpaired) electrons. The van der Waals surface area contributed by atoms with Crippen molar-refractivity contribution in [1.29, 1.82) is 0 Å². The lowest BCUT2D eigenvalue weighted by molar-refractivity contribution is -0.130. The molecule has 4 nitrogen and oxygen atoms in total. The van der Waals surface area contributed by atoms with Gasteiger partial charge in [0.25, 0.3) is 0 Å². The van der Waals surface area contributed by atoms with Crippen LogP contribution in [0.15, 0.2) is 18.2 Å². The maximum absolute atomic E-state index is 9.68. The number of ether oxygens (including phenoxy) is 2. The predicted octanol–water partition coefficient (Wildman–Crippen LogP) is 2.88. The highest BCUT2D eigenvalue weighted by Crippen LogP contribution is 2.60. The Morgan fingerprint density at radius 3 is 2.96 bits per heavy atom. The van der Waals surface area contributed by atoms with Crippen LogP contribution in [0.4, 0.5) is 0 Å². The summed E-state index contributed by atoms with van der Waals surface area (Å²) in [5.74, 6) is 1.49. The average Bonchev–Trinajstić information content (AvgIpc) is 3.21. The van der Waals surface area contributed by atoms with Gasteiger partial charge in [-0.2, -0.15) is 0 Å². The van der Waals surface area contributed by atoms with E-state index in [-0.39, 0.29) is 5.75 Å². The van der Waals surface area contributed by atoms with E-state index in [9.17, 15) is 5.11 Å². The summed E-state index contributed by atoms with van der Waals surface area (Å²) in [4.78, 5) is 0. The van der Waals surface area contributed by atoms with Crippen LogP contribution in [0.25, 0.3) is 0 Å². The second-order valence-corrected chi connectivity index (χ2v) is 7.37. The molecule has 1 aliphatic heterocycles. The predicted molar refractivity (Wildman–Crippen MR) is 88.9 cm³/mol. The molecule has 1 aromatic rings. The summed E-state index contributed by atoms with van der Waals surface area (Å²) >= 11 is 0. The van der Waals surface area contributed by atoms with Gasteiger partial charge in [0, 0.05) is 24.0 Å². The van der Waals surface area contributed by atoms with Gasteiger partial charge in [-0.3, -0.25) is 0 Å². The van der Waals surface area contributed by atoms with Gasteiger partial charge in [0.05, 0.1) is 13.2 Å². The fraction of sp³-hybridized carbons (Fsp3) is 0.684. The molecule has 3 unspecified atom stereocenters. The van der Waals surface area contributed by atoms with Gasteiger partial charge in [-0.1, -0.05) is 18.9 Å². The van der Waals surface area contributed by atoms with E-state index in [0.717, 1.165) is 25.5 Å². The summed E-state index contributed by atoms with van der Waals surface area (Å²) < 4.78 is 11.2. The topological polar surface area (TPSA) is 50.7 Å². The van der Waals surface area contributed by atoms with E-state index >= 15 is 0 Å². The standard InChI is InChI=1S/C19H27NO3/c1-22-16-12-13(4-5-15(16)21)6-10-20-17-14-7-11-23-18(14)19(17)8-2-3-9-19/h4-5,12,14,17-18,20-21H,2-3,6-11H2,1H3. The summed E-state index contributed by atoms with van der Waals surface area (Å²) in [6.07, 6.45) is 8.09. The van der Waals surface area contributed by atoms with Crippen LogP contribution in [0, 0.1) is 11.3 Å². The first-order valence-electron chi connectivity index (χ1n) is 8.95. The summed E-state index contributed by atoms with van der Waals surface area (Å²) in [5, 5.41) is 13.5. The van der Waals surface area contributed by atoms with Crippen molar-refractivity contribution in [2.75, 3.05) is 20.3 Å². The number of phenolic OH excluding ortho intramolecular Hbond substituents is 1. The molecule has 2 N–H and O–H groups in total. The molecule has 4 rings (SSSR count). The molecule has 0 aromatic heterocycles. The maximum Gasteiger partial charge on any atom is 0.160 e. The van der Waals surface area contributed by atoms with Crippen molar-refractivity contribution in [2.24, 2.45) is 11.3 Å². The van der Waals surface area contributed by atoms with Gasteiger partial charge in [0.2, 0.25) is 0 Å². The van der Waals surface area contributed by atoms with Gasteiger partial charge in [-0.15, -0.1) is 0 Å². The van der Waals surface area contributed by atoms with Crippen LogP contribution >= 0.6 is 0 Å². The normalized spacial score (nSPS) is 31.1. The smallest absolute Gasteiger partial charge is 0.160 e. The molecule has 3 aliphatic rings. The van der Waals surface area contributed by atoms with Crippen LogP contribution in [0.2, 0.25) is 0 Å². The Morgan fingerprint density at radius 2 is 2.17 bits per heavy atom. The quantitative estimate of drug-likeness (QED) is 0.877. The molecule has 0 bridgehead atoms. The number of nitrogens with one attached hydrogen (secondary N) is 1. The molecule has 3 atom stereocenters. The second kappa shape index (κ2) is 5.99. The number of aromatic hydroxyl groups is 1. The van der Waals surface area contributed by atoms with E-state index in [2.05, 4.69) is 5.32 Å². The van der Waals surface area contributed by atoms with Crippen molar-refractivity contribution in [3.63, 3.8) is 0 Å². The molecule has 23 heavy (non-hydrogen) atoms. The van der Waals surface area contributed by atoms with E-state index in [1.807, 2.05) is 12.1 Å². The number of fused-ring (bicyclic) bond motifs is 2. The highest BCUT2D eigenvalue weighted by atomic mass is 16.5. The molecule has 3 fully saturated rings. The molecule has 0 amide bonds. The summed E-state index contributed by atoms with van der Waals surface area (Å²) in [5.41, 5.74) is 1.62. The van der Waals surface area contributed by atoms with Crippen LogP contribution in [0.1, 0.15) is 37.7 Å². The Hall–Kier alpha value is -1.26. The zero-order chi connectivity index (χ0) is 15.9. The monoisotopic (exact) mass is 317 g/mol. The van der Waals surface area contributed by atoms with E-state index in [0.29, 0.717) is 23.3 Å². The number of methoxy groups -OCH3 is 1. The minimum atomic E-state index is 0.207. The van der Waals surface area contributed by atoms with Gasteiger partial charge >= 0.3 is 0 Å². The number of hydrogen-bond acceptors (Lipinski definition) is 4. The average molecular weight is 317 g/mol. The molecule has 2 aliphatic carbocycles. The van der Waals surface area contributed by atoms with Gasteiger partial charge < -0.3 is 19.9 Å². The summed E-state index contributed by atoms with van der Waals surface area (Å²) in [6, 6.07) is 6.27. The lowest BCUT2D eigenvalue weighted by Gasteiger charge is -2.57. The highest BCUT2D eigenvalue weighted by molar-refractivity contribution is 5.41. The fourth-order valence-corrected chi connectivity index (χ4v) is 5.26. The lowest BCUT2D eigenvalue weighted by Crippen LogP contribution is -2.67.